The third-order valence-electron chi connectivity index (χ3n) is 3.24. The van der Waals surface area contributed by atoms with Crippen LogP contribution in [-0.2, 0) is 0 Å². The Balaban J connectivity index is 1.81. The largest absolute Gasteiger partial charge is 0.489 e. The molecule has 0 saturated heterocycles. The van der Waals surface area contributed by atoms with Gasteiger partial charge < -0.3 is 15.4 Å². The Morgan fingerprint density at radius 3 is 3.10 bits per heavy atom. The van der Waals surface area contributed by atoms with Crippen molar-refractivity contribution < 1.29 is 9.53 Å². The molecule has 0 spiro atoms. The molecule has 20 heavy (non-hydrogen) atoms. The van der Waals surface area contributed by atoms with Gasteiger partial charge in [-0.25, -0.2) is 0 Å². The highest BCUT2D eigenvalue weighted by molar-refractivity contribution is 7.10. The maximum Gasteiger partial charge on any atom is 0.255 e. The molecule has 1 aromatic heterocycles. The predicted octanol–water partition coefficient (Wildman–Crippen LogP) is 3.04. The van der Waals surface area contributed by atoms with Crippen molar-refractivity contribution in [1.29, 1.82) is 0 Å². The van der Waals surface area contributed by atoms with E-state index >= 15 is 0 Å². The molecule has 1 aromatic carbocycles. The summed E-state index contributed by atoms with van der Waals surface area (Å²) in [6, 6.07) is 9.59. The summed E-state index contributed by atoms with van der Waals surface area (Å²) in [5.74, 6) is 0.543. The van der Waals surface area contributed by atoms with Gasteiger partial charge in [0.05, 0.1) is 17.3 Å². The minimum absolute atomic E-state index is 0.00472. The van der Waals surface area contributed by atoms with Gasteiger partial charge in [-0.15, -0.1) is 11.3 Å². The Labute approximate surface area is 121 Å². The molecule has 5 heteroatoms. The van der Waals surface area contributed by atoms with Crippen molar-refractivity contribution >= 4 is 22.9 Å². The van der Waals surface area contributed by atoms with E-state index in [4.69, 9.17) is 4.74 Å². The lowest BCUT2D eigenvalue weighted by Crippen LogP contribution is -2.28. The lowest BCUT2D eigenvalue weighted by molar-refractivity contribution is 0.0936. The number of benzene rings is 1. The van der Waals surface area contributed by atoms with Crippen molar-refractivity contribution in [2.45, 2.75) is 13.0 Å². The Hall–Kier alpha value is -2.01. The predicted molar refractivity (Wildman–Crippen MR) is 80.6 cm³/mol. The van der Waals surface area contributed by atoms with Crippen LogP contribution in [0.1, 0.15) is 28.2 Å². The molecular formula is C15H16N2O2S. The number of ether oxygens (including phenoxy) is 1. The number of para-hydroxylation sites is 1. The molecule has 2 heterocycles. The van der Waals surface area contributed by atoms with E-state index in [9.17, 15) is 4.79 Å². The van der Waals surface area contributed by atoms with Crippen molar-refractivity contribution in [2.24, 2.45) is 0 Å². The van der Waals surface area contributed by atoms with Gasteiger partial charge in [0, 0.05) is 11.4 Å². The summed E-state index contributed by atoms with van der Waals surface area (Å²) < 4.78 is 5.63. The molecule has 1 aliphatic heterocycles. The first-order chi connectivity index (χ1) is 9.75. The minimum atomic E-state index is -0.105. The number of hydrogen-bond donors (Lipinski definition) is 2. The Morgan fingerprint density at radius 2 is 2.30 bits per heavy atom. The van der Waals surface area contributed by atoms with Crippen LogP contribution >= 0.6 is 11.3 Å². The molecule has 0 saturated carbocycles. The maximum atomic E-state index is 12.4. The van der Waals surface area contributed by atoms with Crippen molar-refractivity contribution in [1.82, 2.24) is 5.32 Å². The van der Waals surface area contributed by atoms with E-state index in [1.54, 1.807) is 17.4 Å². The summed E-state index contributed by atoms with van der Waals surface area (Å²) in [5.41, 5.74) is 1.46. The smallest absolute Gasteiger partial charge is 0.255 e. The maximum absolute atomic E-state index is 12.4. The van der Waals surface area contributed by atoms with Crippen molar-refractivity contribution in [3.8, 4) is 5.75 Å². The van der Waals surface area contributed by atoms with E-state index in [0.717, 1.165) is 17.1 Å². The van der Waals surface area contributed by atoms with Crippen molar-refractivity contribution in [2.75, 3.05) is 18.5 Å². The monoisotopic (exact) mass is 288 g/mol. The summed E-state index contributed by atoms with van der Waals surface area (Å²) >= 11 is 1.64. The summed E-state index contributed by atoms with van der Waals surface area (Å²) in [6.07, 6.45) is 0. The Bertz CT molecular complexity index is 610. The number of carbonyl (C=O) groups excluding carboxylic acids is 1. The fourth-order valence-corrected chi connectivity index (χ4v) is 2.97. The van der Waals surface area contributed by atoms with E-state index in [1.807, 2.05) is 36.6 Å². The molecule has 4 nitrogen and oxygen atoms in total. The summed E-state index contributed by atoms with van der Waals surface area (Å²) in [6.45, 7) is 3.33. The highest BCUT2D eigenvalue weighted by atomic mass is 32.1. The highest BCUT2D eigenvalue weighted by Crippen LogP contribution is 2.31. The third kappa shape index (κ3) is 2.49. The summed E-state index contributed by atoms with van der Waals surface area (Å²) in [4.78, 5) is 13.5. The molecule has 0 fully saturated rings. The fraction of sp³-hybridized carbons (Fsp3) is 0.267. The van der Waals surface area contributed by atoms with E-state index in [0.29, 0.717) is 17.9 Å². The number of nitrogens with one attached hydrogen (secondary N) is 2. The second kappa shape index (κ2) is 5.54. The molecule has 0 aliphatic carbocycles. The Morgan fingerprint density at radius 1 is 1.40 bits per heavy atom. The summed E-state index contributed by atoms with van der Waals surface area (Å²) in [5, 5.41) is 8.26. The number of carbonyl (C=O) groups is 1. The second-order valence-electron chi connectivity index (χ2n) is 4.67. The zero-order valence-corrected chi connectivity index (χ0v) is 12.0. The zero-order chi connectivity index (χ0) is 13.9. The average Bonchev–Trinajstić information content (AvgIpc) is 3.01. The van der Waals surface area contributed by atoms with Gasteiger partial charge in [-0.3, -0.25) is 4.79 Å². The van der Waals surface area contributed by atoms with Gasteiger partial charge >= 0.3 is 0 Å². The number of amides is 1. The van der Waals surface area contributed by atoms with Crippen LogP contribution in [0, 0.1) is 0 Å². The SMILES string of the molecule is C[C@H](NC(=O)c1cccc2c1OCCN2)c1cccs1. The van der Waals surface area contributed by atoms with E-state index < -0.39 is 0 Å². The molecule has 1 aliphatic rings. The normalized spacial score (nSPS) is 14.7. The molecule has 3 rings (SSSR count). The van der Waals surface area contributed by atoms with Gasteiger partial charge in [-0.2, -0.15) is 0 Å². The van der Waals surface area contributed by atoms with Crippen LogP contribution in [0.5, 0.6) is 5.75 Å². The summed E-state index contributed by atoms with van der Waals surface area (Å²) in [7, 11) is 0. The first kappa shape index (κ1) is 13.0. The van der Waals surface area contributed by atoms with Gasteiger partial charge in [-0.1, -0.05) is 12.1 Å². The fourth-order valence-electron chi connectivity index (χ4n) is 2.23. The topological polar surface area (TPSA) is 50.4 Å². The minimum Gasteiger partial charge on any atom is -0.489 e. The van der Waals surface area contributed by atoms with Crippen LogP contribution in [-0.4, -0.2) is 19.1 Å². The first-order valence-electron chi connectivity index (χ1n) is 6.59. The van der Waals surface area contributed by atoms with Gasteiger partial charge in [-0.05, 0) is 30.5 Å². The van der Waals surface area contributed by atoms with Crippen molar-refractivity contribution in [3.05, 3.63) is 46.2 Å². The molecule has 0 unspecified atom stereocenters. The van der Waals surface area contributed by atoms with Crippen LogP contribution in [0.25, 0.3) is 0 Å². The van der Waals surface area contributed by atoms with Crippen LogP contribution in [0.2, 0.25) is 0 Å². The number of anilines is 1. The Kier molecular flexibility index (Phi) is 3.60. The lowest BCUT2D eigenvalue weighted by Gasteiger charge is -2.22. The molecule has 2 N–H and O–H groups in total. The van der Waals surface area contributed by atoms with Crippen LogP contribution in [0.15, 0.2) is 35.7 Å². The molecule has 1 atom stereocenters. The molecule has 1 amide bonds. The quantitative estimate of drug-likeness (QED) is 0.912. The lowest BCUT2D eigenvalue weighted by atomic mass is 10.1. The van der Waals surface area contributed by atoms with Gasteiger partial charge in [0.2, 0.25) is 0 Å². The van der Waals surface area contributed by atoms with Crippen molar-refractivity contribution in [3.63, 3.8) is 0 Å². The standard InChI is InChI=1S/C15H16N2O2S/c1-10(13-6-3-9-20-13)17-15(18)11-4-2-5-12-14(11)19-8-7-16-12/h2-6,9-10,16H,7-8H2,1H3,(H,17,18)/t10-/m0/s1. The van der Waals surface area contributed by atoms with E-state index in [1.165, 1.54) is 0 Å². The molecule has 2 aromatic rings. The number of fused-ring (bicyclic) bond motifs is 1. The number of rotatable bonds is 3. The van der Waals surface area contributed by atoms with E-state index in [-0.39, 0.29) is 11.9 Å². The van der Waals surface area contributed by atoms with Gasteiger partial charge in [0.1, 0.15) is 6.61 Å². The zero-order valence-electron chi connectivity index (χ0n) is 11.2. The highest BCUT2D eigenvalue weighted by Gasteiger charge is 2.20. The second-order valence-corrected chi connectivity index (χ2v) is 5.65. The number of hydrogen-bond acceptors (Lipinski definition) is 4. The molecule has 0 bridgehead atoms. The third-order valence-corrected chi connectivity index (χ3v) is 4.30. The molecular weight excluding hydrogens is 272 g/mol. The van der Waals surface area contributed by atoms with Gasteiger partial charge in [0.25, 0.3) is 5.91 Å². The van der Waals surface area contributed by atoms with Gasteiger partial charge in [0.15, 0.2) is 5.75 Å². The van der Waals surface area contributed by atoms with E-state index in [2.05, 4.69) is 10.6 Å². The molecule has 0 radical (unpaired) electrons. The van der Waals surface area contributed by atoms with Crippen LogP contribution < -0.4 is 15.4 Å². The first-order valence-corrected chi connectivity index (χ1v) is 7.47. The van der Waals surface area contributed by atoms with Crippen LogP contribution in [0.4, 0.5) is 5.69 Å². The number of thiophene rings is 1. The van der Waals surface area contributed by atoms with Crippen LogP contribution in [0.3, 0.4) is 0 Å². The average molecular weight is 288 g/mol. The molecule has 104 valence electrons.